The lowest BCUT2D eigenvalue weighted by atomic mass is 9.95. The highest BCUT2D eigenvalue weighted by Crippen LogP contribution is 2.54. The van der Waals surface area contributed by atoms with Gasteiger partial charge in [-0.2, -0.15) is 13.2 Å². The molecule has 1 aromatic rings. The number of fused-ring (bicyclic) bond motifs is 1. The molecule has 5 nitrogen and oxygen atoms in total. The van der Waals surface area contributed by atoms with Gasteiger partial charge in [0.15, 0.2) is 5.78 Å². The van der Waals surface area contributed by atoms with Crippen molar-refractivity contribution in [1.82, 2.24) is 15.6 Å². The van der Waals surface area contributed by atoms with Crippen molar-refractivity contribution in [3.63, 3.8) is 0 Å². The highest BCUT2D eigenvalue weighted by Gasteiger charge is 2.61. The van der Waals surface area contributed by atoms with Crippen LogP contribution in [-0.4, -0.2) is 41.5 Å². The monoisotopic (exact) mass is 433 g/mol. The van der Waals surface area contributed by atoms with Crippen LogP contribution in [0.4, 0.5) is 13.2 Å². The molecule has 26 heavy (non-hydrogen) atoms. The van der Waals surface area contributed by atoms with Gasteiger partial charge in [-0.05, 0) is 47.3 Å². The number of carbonyl (C=O) groups is 2. The lowest BCUT2D eigenvalue weighted by Gasteiger charge is -2.17. The Kier molecular flexibility index (Phi) is 5.13. The van der Waals surface area contributed by atoms with Gasteiger partial charge in [-0.1, -0.05) is 6.07 Å². The second kappa shape index (κ2) is 6.92. The summed E-state index contributed by atoms with van der Waals surface area (Å²) in [6.45, 7) is 2.05. The van der Waals surface area contributed by atoms with E-state index in [-0.39, 0.29) is 36.2 Å². The van der Waals surface area contributed by atoms with Crippen molar-refractivity contribution in [2.75, 3.05) is 6.54 Å². The standard InChI is InChI=1S/C17H19BrF3N3O2/c1-9-2-3-14(18)24-10(9)4-12(25)11-5-16(6-13(16)23-11)8-22-15(26)7-17(19,20)21/h2-3,11,13,23H,4-8H2,1H3,(H,22,26)/t11-,13+,16-/m0/s1. The SMILES string of the molecule is Cc1ccc(Br)nc1CC(=O)[C@@H]1C[C@@]2(CNC(=O)CC(F)(F)F)C[C@H]2N1. The Morgan fingerprint density at radius 1 is 1.38 bits per heavy atom. The molecule has 2 N–H and O–H groups in total. The number of pyridine rings is 1. The molecule has 2 fully saturated rings. The highest BCUT2D eigenvalue weighted by molar-refractivity contribution is 9.10. The Labute approximate surface area is 157 Å². The zero-order chi connectivity index (χ0) is 19.1. The van der Waals surface area contributed by atoms with Gasteiger partial charge >= 0.3 is 6.18 Å². The topological polar surface area (TPSA) is 71.1 Å². The first-order valence-electron chi connectivity index (χ1n) is 8.32. The fourth-order valence-corrected chi connectivity index (χ4v) is 3.87. The Morgan fingerprint density at radius 2 is 2.12 bits per heavy atom. The Hall–Kier alpha value is -1.48. The number of aryl methyl sites for hydroxylation is 1. The van der Waals surface area contributed by atoms with E-state index in [0.717, 1.165) is 12.0 Å². The molecule has 2 aliphatic rings. The van der Waals surface area contributed by atoms with Crippen molar-refractivity contribution >= 4 is 27.6 Å². The number of hydrogen-bond acceptors (Lipinski definition) is 4. The molecule has 1 aromatic heterocycles. The number of hydrogen-bond donors (Lipinski definition) is 2. The second-order valence-corrected chi connectivity index (χ2v) is 7.96. The van der Waals surface area contributed by atoms with Gasteiger partial charge in [-0.25, -0.2) is 4.98 Å². The average molecular weight is 434 g/mol. The molecule has 1 saturated heterocycles. The molecule has 2 heterocycles. The number of piperidine rings is 1. The molecule has 142 valence electrons. The van der Waals surface area contributed by atoms with Crippen LogP contribution in [0.2, 0.25) is 0 Å². The third-order valence-electron chi connectivity index (χ3n) is 5.10. The molecule has 3 rings (SSSR count). The van der Waals surface area contributed by atoms with Crippen molar-refractivity contribution < 1.29 is 22.8 Å². The van der Waals surface area contributed by atoms with Crippen LogP contribution >= 0.6 is 15.9 Å². The van der Waals surface area contributed by atoms with E-state index in [0.29, 0.717) is 16.7 Å². The third-order valence-corrected chi connectivity index (χ3v) is 5.54. The van der Waals surface area contributed by atoms with Crippen molar-refractivity contribution in [2.45, 2.75) is 50.9 Å². The first-order chi connectivity index (χ1) is 12.1. The number of carbonyl (C=O) groups excluding carboxylic acids is 2. The van der Waals surface area contributed by atoms with Gasteiger partial charge in [-0.15, -0.1) is 0 Å². The maximum atomic E-state index is 12.6. The maximum Gasteiger partial charge on any atom is 0.397 e. The molecule has 9 heteroatoms. The average Bonchev–Trinajstić information content (AvgIpc) is 3.08. The molecule has 0 aromatic carbocycles. The summed E-state index contributed by atoms with van der Waals surface area (Å²) in [5.41, 5.74) is 1.33. The van der Waals surface area contributed by atoms with Gasteiger partial charge in [0, 0.05) is 18.0 Å². The number of nitrogens with one attached hydrogen (secondary N) is 2. The molecule has 1 aliphatic heterocycles. The summed E-state index contributed by atoms with van der Waals surface area (Å²) in [4.78, 5) is 28.3. The predicted molar refractivity (Wildman–Crippen MR) is 91.4 cm³/mol. The lowest BCUT2D eigenvalue weighted by molar-refractivity contribution is -0.153. The number of nitrogens with zero attached hydrogens (tertiary/aromatic N) is 1. The fraction of sp³-hybridized carbons (Fsp3) is 0.588. The van der Waals surface area contributed by atoms with Crippen LogP contribution in [-0.2, 0) is 16.0 Å². The van der Waals surface area contributed by atoms with E-state index >= 15 is 0 Å². The molecule has 1 saturated carbocycles. The summed E-state index contributed by atoms with van der Waals surface area (Å²) < 4.78 is 37.3. The summed E-state index contributed by atoms with van der Waals surface area (Å²) in [6.07, 6.45) is -4.50. The molecule has 1 aliphatic carbocycles. The van der Waals surface area contributed by atoms with E-state index in [2.05, 4.69) is 31.5 Å². The number of halogens is 4. The number of aromatic nitrogens is 1. The number of alkyl halides is 3. The first kappa shape index (κ1) is 19.3. The Bertz CT molecular complexity index is 740. The van der Waals surface area contributed by atoms with E-state index < -0.39 is 18.5 Å². The van der Waals surface area contributed by atoms with Crippen LogP contribution in [0.3, 0.4) is 0 Å². The number of rotatable bonds is 6. The number of amides is 1. The van der Waals surface area contributed by atoms with E-state index in [1.807, 2.05) is 19.1 Å². The minimum absolute atomic E-state index is 0.00638. The van der Waals surface area contributed by atoms with Gasteiger partial charge in [0.2, 0.25) is 5.91 Å². The second-order valence-electron chi connectivity index (χ2n) is 7.15. The fourth-order valence-electron chi connectivity index (χ4n) is 3.52. The largest absolute Gasteiger partial charge is 0.397 e. The zero-order valence-electron chi connectivity index (χ0n) is 14.1. The molecule has 0 spiro atoms. The van der Waals surface area contributed by atoms with Crippen molar-refractivity contribution in [2.24, 2.45) is 5.41 Å². The Balaban J connectivity index is 1.53. The van der Waals surface area contributed by atoms with Gasteiger partial charge < -0.3 is 10.6 Å². The van der Waals surface area contributed by atoms with Gasteiger partial charge in [-0.3, -0.25) is 9.59 Å². The smallest absolute Gasteiger partial charge is 0.355 e. The molecule has 0 unspecified atom stereocenters. The van der Waals surface area contributed by atoms with Crippen LogP contribution in [0.25, 0.3) is 0 Å². The number of ketones is 1. The molecular weight excluding hydrogens is 415 g/mol. The normalized spacial score (nSPS) is 27.1. The highest BCUT2D eigenvalue weighted by atomic mass is 79.9. The van der Waals surface area contributed by atoms with Gasteiger partial charge in [0.1, 0.15) is 11.0 Å². The predicted octanol–water partition coefficient (Wildman–Crippen LogP) is 2.45. The molecule has 3 atom stereocenters. The summed E-state index contributed by atoms with van der Waals surface area (Å²) >= 11 is 3.29. The molecular formula is C17H19BrF3N3O2. The van der Waals surface area contributed by atoms with Crippen LogP contribution in [0, 0.1) is 12.3 Å². The summed E-state index contributed by atoms with van der Waals surface area (Å²) in [5.74, 6) is -1.02. The third kappa shape index (κ3) is 4.43. The maximum absolute atomic E-state index is 12.6. The summed E-state index contributed by atoms with van der Waals surface area (Å²) in [6, 6.07) is 3.41. The molecule has 0 bridgehead atoms. The van der Waals surface area contributed by atoms with Crippen molar-refractivity contribution in [1.29, 1.82) is 0 Å². The summed E-state index contributed by atoms with van der Waals surface area (Å²) in [5, 5.41) is 5.59. The number of Topliss-reactive ketones (excluding diaryl/α,β-unsaturated/α-hetero) is 1. The molecule has 1 amide bonds. The Morgan fingerprint density at radius 3 is 2.81 bits per heavy atom. The minimum atomic E-state index is -4.51. The van der Waals surface area contributed by atoms with Crippen LogP contribution in [0.1, 0.15) is 30.5 Å². The van der Waals surface area contributed by atoms with Crippen molar-refractivity contribution in [3.05, 3.63) is 28.0 Å². The van der Waals surface area contributed by atoms with Crippen molar-refractivity contribution in [3.8, 4) is 0 Å². The lowest BCUT2D eigenvalue weighted by Crippen LogP contribution is -2.36. The first-order valence-corrected chi connectivity index (χ1v) is 9.11. The van der Waals surface area contributed by atoms with Gasteiger partial charge in [0.05, 0.1) is 18.2 Å². The van der Waals surface area contributed by atoms with E-state index in [9.17, 15) is 22.8 Å². The zero-order valence-corrected chi connectivity index (χ0v) is 15.7. The van der Waals surface area contributed by atoms with E-state index in [1.165, 1.54) is 0 Å². The quantitative estimate of drug-likeness (QED) is 0.675. The van der Waals surface area contributed by atoms with Crippen LogP contribution < -0.4 is 10.6 Å². The van der Waals surface area contributed by atoms with Crippen LogP contribution in [0.15, 0.2) is 16.7 Å². The van der Waals surface area contributed by atoms with E-state index in [1.54, 1.807) is 0 Å². The van der Waals surface area contributed by atoms with E-state index in [4.69, 9.17) is 0 Å². The van der Waals surface area contributed by atoms with Gasteiger partial charge in [0.25, 0.3) is 0 Å². The van der Waals surface area contributed by atoms with Crippen LogP contribution in [0.5, 0.6) is 0 Å². The molecule has 0 radical (unpaired) electrons. The minimum Gasteiger partial charge on any atom is -0.355 e. The summed E-state index contributed by atoms with van der Waals surface area (Å²) in [7, 11) is 0.